The summed E-state index contributed by atoms with van der Waals surface area (Å²) in [4.78, 5) is 18.9. The molecule has 6 nitrogen and oxygen atoms in total. The van der Waals surface area contributed by atoms with Crippen molar-refractivity contribution in [3.8, 4) is 11.5 Å². The molecule has 0 aliphatic carbocycles. The van der Waals surface area contributed by atoms with Crippen LogP contribution in [-0.4, -0.2) is 41.1 Å². The van der Waals surface area contributed by atoms with Crippen LogP contribution < -0.4 is 9.47 Å². The van der Waals surface area contributed by atoms with Crippen LogP contribution in [0.3, 0.4) is 0 Å². The monoisotopic (exact) mass is 467 g/mol. The molecule has 1 N–H and O–H groups in total. The second-order valence-electron chi connectivity index (χ2n) is 7.58. The van der Waals surface area contributed by atoms with Crippen molar-refractivity contribution in [3.63, 3.8) is 0 Å². The van der Waals surface area contributed by atoms with E-state index in [4.69, 9.17) is 9.47 Å². The summed E-state index contributed by atoms with van der Waals surface area (Å²) < 4.78 is 13.8. The molecule has 0 spiro atoms. The molecule has 154 valence electrons. The minimum absolute atomic E-state index is 0.0293. The Morgan fingerprint density at radius 2 is 1.90 bits per heavy atom. The number of carbonyl (C=O) groups is 1. The van der Waals surface area contributed by atoms with E-state index in [1.54, 1.807) is 14.2 Å². The number of hydrogen-bond acceptors (Lipinski definition) is 3. The van der Waals surface area contributed by atoms with Gasteiger partial charge >= 0.3 is 0 Å². The third kappa shape index (κ3) is 2.80. The third-order valence-corrected chi connectivity index (χ3v) is 6.67. The number of fused-ring (bicyclic) bond motifs is 4. The largest absolute Gasteiger partial charge is 0.493 e. The zero-order valence-corrected chi connectivity index (χ0v) is 18.7. The van der Waals surface area contributed by atoms with Gasteiger partial charge in [0.15, 0.2) is 11.5 Å². The number of aromatic nitrogens is 2. The molecule has 1 aliphatic rings. The molecule has 0 radical (unpaired) electrons. The second-order valence-corrected chi connectivity index (χ2v) is 8.43. The molecule has 2 aromatic heterocycles. The number of ether oxygens (including phenoxy) is 2. The molecule has 0 unspecified atom stereocenters. The Morgan fingerprint density at radius 1 is 1.13 bits per heavy atom. The zero-order valence-electron chi connectivity index (χ0n) is 17.1. The number of nitrogens with zero attached hydrogens (tertiary/aromatic N) is 2. The molecule has 3 heterocycles. The molecule has 0 fully saturated rings. The Hall–Kier alpha value is -2.93. The molecular weight excluding hydrogens is 446 g/mol. The molecule has 30 heavy (non-hydrogen) atoms. The van der Waals surface area contributed by atoms with E-state index in [0.717, 1.165) is 27.3 Å². The fraction of sp³-hybridized carbons (Fsp3) is 0.261. The van der Waals surface area contributed by atoms with Gasteiger partial charge in [0, 0.05) is 59.1 Å². The number of aryl methyl sites for hydroxylation is 1. The fourth-order valence-corrected chi connectivity index (χ4v) is 4.87. The van der Waals surface area contributed by atoms with Gasteiger partial charge in [0.1, 0.15) is 5.69 Å². The summed E-state index contributed by atoms with van der Waals surface area (Å²) in [5.41, 5.74) is 5.11. The number of aromatic amines is 1. The first-order chi connectivity index (χ1) is 14.5. The van der Waals surface area contributed by atoms with Crippen LogP contribution in [0.5, 0.6) is 11.5 Å². The van der Waals surface area contributed by atoms with E-state index in [-0.39, 0.29) is 5.91 Å². The number of benzene rings is 2. The normalized spacial score (nSPS) is 13.7. The Morgan fingerprint density at radius 3 is 2.67 bits per heavy atom. The Kier molecular flexibility index (Phi) is 4.50. The number of rotatable bonds is 3. The van der Waals surface area contributed by atoms with Gasteiger partial charge in [-0.05, 0) is 34.1 Å². The van der Waals surface area contributed by atoms with E-state index in [1.807, 2.05) is 46.8 Å². The van der Waals surface area contributed by atoms with Crippen molar-refractivity contribution in [2.75, 3.05) is 20.8 Å². The first kappa shape index (κ1) is 19.1. The molecule has 2 aromatic carbocycles. The molecule has 7 heteroatoms. The third-order valence-electron chi connectivity index (χ3n) is 6.01. The van der Waals surface area contributed by atoms with Gasteiger partial charge in [0.05, 0.1) is 25.3 Å². The smallest absolute Gasteiger partial charge is 0.270 e. The maximum Gasteiger partial charge on any atom is 0.270 e. The van der Waals surface area contributed by atoms with Gasteiger partial charge in [-0.15, -0.1) is 0 Å². The standard InChI is InChI=1S/C23H22BrN3O3/c1-26-18-11-21(30-3)20(29-2)10-13(18)9-19(26)23(28)27-8-7-17-15(12-27)14-5-4-6-16(24)22(14)25-17/h4-6,9-11,25H,7-8,12H2,1-3H3. The van der Waals surface area contributed by atoms with Gasteiger partial charge in [-0.3, -0.25) is 4.79 Å². The summed E-state index contributed by atoms with van der Waals surface area (Å²) in [6.45, 7) is 1.28. The van der Waals surface area contributed by atoms with Crippen LogP contribution in [-0.2, 0) is 20.0 Å². The minimum atomic E-state index is 0.0293. The lowest BCUT2D eigenvalue weighted by atomic mass is 10.0. The SMILES string of the molecule is COc1cc2cc(C(=O)N3CCc4[nH]c5c(Br)cccc5c4C3)n(C)c2cc1OC. The van der Waals surface area contributed by atoms with Crippen LogP contribution in [0.1, 0.15) is 21.7 Å². The summed E-state index contributed by atoms with van der Waals surface area (Å²) in [6, 6.07) is 11.9. The molecule has 0 bridgehead atoms. The lowest BCUT2D eigenvalue weighted by Crippen LogP contribution is -2.36. The van der Waals surface area contributed by atoms with Crippen molar-refractivity contribution < 1.29 is 14.3 Å². The molecule has 1 amide bonds. The first-order valence-electron chi connectivity index (χ1n) is 9.80. The highest BCUT2D eigenvalue weighted by molar-refractivity contribution is 9.10. The summed E-state index contributed by atoms with van der Waals surface area (Å²) in [6.07, 6.45) is 0.813. The van der Waals surface area contributed by atoms with Crippen LogP contribution in [0.4, 0.5) is 0 Å². The van der Waals surface area contributed by atoms with Crippen LogP contribution in [0.2, 0.25) is 0 Å². The fourth-order valence-electron chi connectivity index (χ4n) is 4.41. The minimum Gasteiger partial charge on any atom is -0.493 e. The number of nitrogens with one attached hydrogen (secondary N) is 1. The Balaban J connectivity index is 1.52. The summed E-state index contributed by atoms with van der Waals surface area (Å²) in [7, 11) is 5.15. The van der Waals surface area contributed by atoms with E-state index in [2.05, 4.69) is 27.0 Å². The quantitative estimate of drug-likeness (QED) is 0.477. The number of amides is 1. The maximum atomic E-state index is 13.5. The summed E-state index contributed by atoms with van der Waals surface area (Å²) in [5.74, 6) is 1.33. The highest BCUT2D eigenvalue weighted by Gasteiger charge is 2.27. The van der Waals surface area contributed by atoms with E-state index in [1.165, 1.54) is 16.6 Å². The van der Waals surface area contributed by atoms with Crippen molar-refractivity contribution >= 4 is 43.6 Å². The zero-order chi connectivity index (χ0) is 21.0. The number of para-hydroxylation sites is 1. The average molecular weight is 468 g/mol. The lowest BCUT2D eigenvalue weighted by Gasteiger charge is -2.27. The highest BCUT2D eigenvalue weighted by atomic mass is 79.9. The molecular formula is C23H22BrN3O3. The van der Waals surface area contributed by atoms with Crippen molar-refractivity contribution in [2.45, 2.75) is 13.0 Å². The van der Waals surface area contributed by atoms with Gasteiger partial charge in [-0.25, -0.2) is 0 Å². The number of H-pyrrole nitrogens is 1. The predicted octanol–water partition coefficient (Wildman–Crippen LogP) is 4.64. The van der Waals surface area contributed by atoms with Gasteiger partial charge in [0.2, 0.25) is 0 Å². The number of hydrogen-bond donors (Lipinski definition) is 1. The van der Waals surface area contributed by atoms with Crippen LogP contribution in [0, 0.1) is 0 Å². The Labute approximate surface area is 182 Å². The van der Waals surface area contributed by atoms with Crippen molar-refractivity contribution in [1.82, 2.24) is 14.5 Å². The topological polar surface area (TPSA) is 59.5 Å². The predicted molar refractivity (Wildman–Crippen MR) is 120 cm³/mol. The molecule has 0 atom stereocenters. The van der Waals surface area contributed by atoms with Gasteiger partial charge in [-0.1, -0.05) is 12.1 Å². The number of halogens is 1. The summed E-state index contributed by atoms with van der Waals surface area (Å²) >= 11 is 3.62. The van der Waals surface area contributed by atoms with E-state index < -0.39 is 0 Å². The van der Waals surface area contributed by atoms with Crippen LogP contribution >= 0.6 is 15.9 Å². The van der Waals surface area contributed by atoms with Gasteiger partial charge in [-0.2, -0.15) is 0 Å². The highest BCUT2D eigenvalue weighted by Crippen LogP contribution is 2.35. The van der Waals surface area contributed by atoms with Crippen LogP contribution in [0.15, 0.2) is 40.9 Å². The van der Waals surface area contributed by atoms with E-state index in [9.17, 15) is 4.79 Å². The Bertz CT molecular complexity index is 1300. The van der Waals surface area contributed by atoms with Crippen molar-refractivity contribution in [3.05, 3.63) is 57.8 Å². The molecule has 5 rings (SSSR count). The number of methoxy groups -OCH3 is 2. The molecule has 4 aromatic rings. The summed E-state index contributed by atoms with van der Waals surface area (Å²) in [5, 5.41) is 2.12. The van der Waals surface area contributed by atoms with Crippen LogP contribution in [0.25, 0.3) is 21.8 Å². The van der Waals surface area contributed by atoms with E-state index >= 15 is 0 Å². The second kappa shape index (κ2) is 7.09. The van der Waals surface area contributed by atoms with Gasteiger partial charge in [0.25, 0.3) is 5.91 Å². The lowest BCUT2D eigenvalue weighted by molar-refractivity contribution is 0.0726. The van der Waals surface area contributed by atoms with E-state index in [0.29, 0.717) is 30.3 Å². The molecule has 0 saturated carbocycles. The molecule has 1 aliphatic heterocycles. The maximum absolute atomic E-state index is 13.5. The molecule has 0 saturated heterocycles. The first-order valence-corrected chi connectivity index (χ1v) is 10.6. The van der Waals surface area contributed by atoms with Gasteiger partial charge < -0.3 is 23.9 Å². The number of carbonyl (C=O) groups excluding carboxylic acids is 1. The average Bonchev–Trinajstić information content (AvgIpc) is 3.30. The van der Waals surface area contributed by atoms with Crippen molar-refractivity contribution in [1.29, 1.82) is 0 Å². The van der Waals surface area contributed by atoms with Crippen molar-refractivity contribution in [2.24, 2.45) is 7.05 Å².